The van der Waals surface area contributed by atoms with E-state index < -0.39 is 0 Å². The van der Waals surface area contributed by atoms with Crippen LogP contribution < -0.4 is 9.80 Å². The molecule has 2 saturated heterocycles. The molecule has 0 aliphatic carbocycles. The molecule has 0 N–H and O–H groups in total. The van der Waals surface area contributed by atoms with Crippen molar-refractivity contribution >= 4 is 17.7 Å². The molecule has 2 aromatic heterocycles. The minimum absolute atomic E-state index is 0.0712. The standard InChI is InChI=1S/C18H24N6O2/c1-13-11-16(20-18(19-13)24-5-3-4-6-24)22-7-9-23(10-8-22)17(25)15-12-14(2)26-21-15/h11-12H,3-10H2,1-2H3. The van der Waals surface area contributed by atoms with Gasteiger partial charge in [0.15, 0.2) is 5.69 Å². The van der Waals surface area contributed by atoms with Crippen LogP contribution in [0.5, 0.6) is 0 Å². The van der Waals surface area contributed by atoms with E-state index in [-0.39, 0.29) is 5.91 Å². The third-order valence-corrected chi connectivity index (χ3v) is 4.96. The van der Waals surface area contributed by atoms with Gasteiger partial charge in [0.1, 0.15) is 11.6 Å². The van der Waals surface area contributed by atoms with Crippen LogP contribution >= 0.6 is 0 Å². The zero-order valence-corrected chi connectivity index (χ0v) is 15.3. The topological polar surface area (TPSA) is 78.6 Å². The highest BCUT2D eigenvalue weighted by atomic mass is 16.5. The third kappa shape index (κ3) is 3.36. The van der Waals surface area contributed by atoms with Crippen LogP contribution in [-0.4, -0.2) is 65.2 Å². The summed E-state index contributed by atoms with van der Waals surface area (Å²) >= 11 is 0. The van der Waals surface area contributed by atoms with E-state index in [4.69, 9.17) is 9.51 Å². The van der Waals surface area contributed by atoms with Gasteiger partial charge in [-0.25, -0.2) is 4.98 Å². The number of amides is 1. The number of carbonyl (C=O) groups is 1. The predicted molar refractivity (Wildman–Crippen MR) is 97.6 cm³/mol. The lowest BCUT2D eigenvalue weighted by atomic mass is 10.2. The lowest BCUT2D eigenvalue weighted by molar-refractivity contribution is 0.0736. The second kappa shape index (κ2) is 6.93. The Morgan fingerprint density at radius 1 is 0.962 bits per heavy atom. The van der Waals surface area contributed by atoms with Crippen LogP contribution in [0.1, 0.15) is 34.8 Å². The number of aromatic nitrogens is 3. The molecule has 0 spiro atoms. The summed E-state index contributed by atoms with van der Waals surface area (Å²) in [6.45, 7) is 8.65. The monoisotopic (exact) mass is 356 g/mol. The largest absolute Gasteiger partial charge is 0.361 e. The van der Waals surface area contributed by atoms with Crippen molar-refractivity contribution in [3.63, 3.8) is 0 Å². The highest BCUT2D eigenvalue weighted by Crippen LogP contribution is 2.22. The first-order chi connectivity index (χ1) is 12.6. The van der Waals surface area contributed by atoms with Crippen LogP contribution in [-0.2, 0) is 0 Å². The Labute approximate surface area is 152 Å². The number of nitrogens with zero attached hydrogens (tertiary/aromatic N) is 6. The van der Waals surface area contributed by atoms with Crippen LogP contribution in [0, 0.1) is 13.8 Å². The van der Waals surface area contributed by atoms with E-state index in [1.165, 1.54) is 12.8 Å². The van der Waals surface area contributed by atoms with Crippen molar-refractivity contribution in [1.82, 2.24) is 20.0 Å². The third-order valence-electron chi connectivity index (χ3n) is 4.96. The summed E-state index contributed by atoms with van der Waals surface area (Å²) < 4.78 is 5.01. The van der Waals surface area contributed by atoms with Crippen molar-refractivity contribution < 1.29 is 9.32 Å². The smallest absolute Gasteiger partial charge is 0.276 e. The van der Waals surface area contributed by atoms with Gasteiger partial charge < -0.3 is 19.2 Å². The zero-order chi connectivity index (χ0) is 18.1. The molecule has 1 amide bonds. The van der Waals surface area contributed by atoms with E-state index in [1.54, 1.807) is 13.0 Å². The molecular weight excluding hydrogens is 332 g/mol. The molecule has 2 aromatic rings. The lowest BCUT2D eigenvalue weighted by Crippen LogP contribution is -2.49. The van der Waals surface area contributed by atoms with Crippen molar-refractivity contribution in [3.8, 4) is 0 Å². The first kappa shape index (κ1) is 16.8. The molecule has 8 heteroatoms. The van der Waals surface area contributed by atoms with Crippen LogP contribution in [0.25, 0.3) is 0 Å². The Morgan fingerprint density at radius 3 is 2.35 bits per heavy atom. The molecule has 0 aromatic carbocycles. The molecule has 0 saturated carbocycles. The SMILES string of the molecule is Cc1cc(N2CCN(C(=O)c3cc(C)on3)CC2)nc(N2CCCC2)n1. The molecule has 0 atom stereocenters. The summed E-state index contributed by atoms with van der Waals surface area (Å²) in [5.74, 6) is 2.36. The Bertz CT molecular complexity index is 791. The highest BCUT2D eigenvalue weighted by molar-refractivity contribution is 5.92. The average molecular weight is 356 g/mol. The Balaban J connectivity index is 1.43. The van der Waals surface area contributed by atoms with Crippen LogP contribution in [0.4, 0.5) is 11.8 Å². The first-order valence-electron chi connectivity index (χ1n) is 9.18. The molecule has 138 valence electrons. The van der Waals surface area contributed by atoms with E-state index in [0.29, 0.717) is 24.5 Å². The van der Waals surface area contributed by atoms with Gasteiger partial charge in [-0.3, -0.25) is 4.79 Å². The number of carbonyl (C=O) groups excluding carboxylic acids is 1. The summed E-state index contributed by atoms with van der Waals surface area (Å²) in [7, 11) is 0. The zero-order valence-electron chi connectivity index (χ0n) is 15.3. The molecule has 2 fully saturated rings. The van der Waals surface area contributed by atoms with Gasteiger partial charge in [-0.2, -0.15) is 4.98 Å². The van der Waals surface area contributed by atoms with Crippen LogP contribution in [0.3, 0.4) is 0 Å². The minimum Gasteiger partial charge on any atom is -0.361 e. The summed E-state index contributed by atoms with van der Waals surface area (Å²) in [5, 5.41) is 3.83. The van der Waals surface area contributed by atoms with Gasteiger partial charge in [-0.05, 0) is 26.7 Å². The molecule has 8 nitrogen and oxygen atoms in total. The quantitative estimate of drug-likeness (QED) is 0.827. The second-order valence-electron chi connectivity index (χ2n) is 6.96. The maximum absolute atomic E-state index is 12.5. The summed E-state index contributed by atoms with van der Waals surface area (Å²) in [4.78, 5) is 28.2. The normalized spacial score (nSPS) is 17.8. The number of piperazine rings is 1. The molecule has 4 rings (SSSR count). The van der Waals surface area contributed by atoms with E-state index in [0.717, 1.165) is 43.6 Å². The molecule has 26 heavy (non-hydrogen) atoms. The maximum atomic E-state index is 12.5. The second-order valence-corrected chi connectivity index (χ2v) is 6.96. The number of hydrogen-bond acceptors (Lipinski definition) is 7. The minimum atomic E-state index is -0.0712. The Kier molecular flexibility index (Phi) is 4.48. The summed E-state index contributed by atoms with van der Waals surface area (Å²) in [6, 6.07) is 3.71. The lowest BCUT2D eigenvalue weighted by Gasteiger charge is -2.35. The van der Waals surface area contributed by atoms with Gasteiger partial charge in [-0.1, -0.05) is 5.16 Å². The van der Waals surface area contributed by atoms with Crippen LogP contribution in [0.15, 0.2) is 16.7 Å². The van der Waals surface area contributed by atoms with E-state index in [2.05, 4.69) is 19.9 Å². The average Bonchev–Trinajstić information content (AvgIpc) is 3.32. The van der Waals surface area contributed by atoms with E-state index >= 15 is 0 Å². The van der Waals surface area contributed by atoms with Crippen molar-refractivity contribution in [2.45, 2.75) is 26.7 Å². The van der Waals surface area contributed by atoms with Crippen molar-refractivity contribution in [2.24, 2.45) is 0 Å². The predicted octanol–water partition coefficient (Wildman–Crippen LogP) is 1.64. The molecule has 4 heterocycles. The van der Waals surface area contributed by atoms with Gasteiger partial charge in [0, 0.05) is 57.1 Å². The fourth-order valence-corrected chi connectivity index (χ4v) is 3.52. The first-order valence-corrected chi connectivity index (χ1v) is 9.18. The Hall–Kier alpha value is -2.64. The molecule has 0 bridgehead atoms. The molecule has 0 unspecified atom stereocenters. The highest BCUT2D eigenvalue weighted by Gasteiger charge is 2.26. The van der Waals surface area contributed by atoms with Gasteiger partial charge >= 0.3 is 0 Å². The van der Waals surface area contributed by atoms with E-state index in [9.17, 15) is 4.79 Å². The number of rotatable bonds is 3. The van der Waals surface area contributed by atoms with Crippen molar-refractivity contribution in [2.75, 3.05) is 49.1 Å². The number of anilines is 2. The molecular formula is C18H24N6O2. The fourth-order valence-electron chi connectivity index (χ4n) is 3.52. The van der Waals surface area contributed by atoms with Crippen molar-refractivity contribution in [1.29, 1.82) is 0 Å². The fraction of sp³-hybridized carbons (Fsp3) is 0.556. The van der Waals surface area contributed by atoms with E-state index in [1.807, 2.05) is 17.9 Å². The van der Waals surface area contributed by atoms with Gasteiger partial charge in [0.2, 0.25) is 5.95 Å². The summed E-state index contributed by atoms with van der Waals surface area (Å²) in [5.41, 5.74) is 1.36. The van der Waals surface area contributed by atoms with Gasteiger partial charge in [0.05, 0.1) is 0 Å². The molecule has 2 aliphatic heterocycles. The van der Waals surface area contributed by atoms with Gasteiger partial charge in [-0.15, -0.1) is 0 Å². The Morgan fingerprint density at radius 2 is 1.69 bits per heavy atom. The van der Waals surface area contributed by atoms with Gasteiger partial charge in [0.25, 0.3) is 5.91 Å². The number of aryl methyl sites for hydroxylation is 2. The maximum Gasteiger partial charge on any atom is 0.276 e. The van der Waals surface area contributed by atoms with Crippen LogP contribution in [0.2, 0.25) is 0 Å². The molecule has 0 radical (unpaired) electrons. The molecule has 2 aliphatic rings. The number of hydrogen-bond donors (Lipinski definition) is 0. The summed E-state index contributed by atoms with van der Waals surface area (Å²) in [6.07, 6.45) is 2.41. The van der Waals surface area contributed by atoms with Crippen molar-refractivity contribution in [3.05, 3.63) is 29.3 Å².